The SMILES string of the molecule is O=C(/C=C/c1ccc(Cl)cc1)NCCCCCN1CCN(C(=O)/C=C/c2ccc(Cl)c(Cl)c2)CC1.O=C(O)C(F)(F)F. The number of carbonyl (C=O) groups excluding carboxylic acids is 2. The molecule has 1 fully saturated rings. The lowest BCUT2D eigenvalue weighted by Crippen LogP contribution is -2.48. The summed E-state index contributed by atoms with van der Waals surface area (Å²) in [5.74, 6) is -2.84. The predicted molar refractivity (Wildman–Crippen MR) is 160 cm³/mol. The maximum absolute atomic E-state index is 12.5. The predicted octanol–water partition coefficient (Wildman–Crippen LogP) is 6.44. The van der Waals surface area contributed by atoms with Crippen LogP contribution in [0.3, 0.4) is 0 Å². The zero-order valence-electron chi connectivity index (χ0n) is 22.5. The lowest BCUT2D eigenvalue weighted by molar-refractivity contribution is -0.192. The van der Waals surface area contributed by atoms with Crippen molar-refractivity contribution in [1.82, 2.24) is 15.1 Å². The Morgan fingerprint density at radius 3 is 2.02 bits per heavy atom. The molecule has 0 bridgehead atoms. The third-order valence-electron chi connectivity index (χ3n) is 6.04. The number of unbranched alkanes of at least 4 members (excludes halogenated alkanes) is 2. The second-order valence-electron chi connectivity index (χ2n) is 9.21. The Balaban J connectivity index is 0.000000782. The first-order valence-corrected chi connectivity index (χ1v) is 14.1. The van der Waals surface area contributed by atoms with Crippen molar-refractivity contribution in [3.8, 4) is 0 Å². The van der Waals surface area contributed by atoms with Gasteiger partial charge in [0.05, 0.1) is 10.0 Å². The fraction of sp³-hybridized carbons (Fsp3) is 0.345. The Kier molecular flexibility index (Phi) is 14.9. The van der Waals surface area contributed by atoms with Gasteiger partial charge >= 0.3 is 12.1 Å². The molecule has 1 aliphatic heterocycles. The van der Waals surface area contributed by atoms with Crippen molar-refractivity contribution in [1.29, 1.82) is 0 Å². The number of piperazine rings is 1. The number of alkyl halides is 3. The van der Waals surface area contributed by atoms with E-state index in [0.717, 1.165) is 63.1 Å². The van der Waals surface area contributed by atoms with E-state index in [-0.39, 0.29) is 11.8 Å². The first kappa shape index (κ1) is 35.1. The van der Waals surface area contributed by atoms with Crippen LogP contribution in [0.15, 0.2) is 54.6 Å². The van der Waals surface area contributed by atoms with Gasteiger partial charge in [-0.2, -0.15) is 13.2 Å². The molecule has 0 aromatic heterocycles. The Labute approximate surface area is 257 Å². The molecule has 0 radical (unpaired) electrons. The van der Waals surface area contributed by atoms with Crippen LogP contribution in [-0.4, -0.2) is 78.1 Å². The summed E-state index contributed by atoms with van der Waals surface area (Å²) in [6.07, 6.45) is 4.66. The molecule has 1 aliphatic rings. The lowest BCUT2D eigenvalue weighted by Gasteiger charge is -2.34. The molecule has 42 heavy (non-hydrogen) atoms. The minimum Gasteiger partial charge on any atom is -0.475 e. The molecular formula is C29H31Cl3F3N3O4. The number of hydrogen-bond donors (Lipinski definition) is 2. The van der Waals surface area contributed by atoms with Crippen LogP contribution in [0.2, 0.25) is 15.1 Å². The van der Waals surface area contributed by atoms with E-state index in [1.165, 1.54) is 0 Å². The van der Waals surface area contributed by atoms with Crippen molar-refractivity contribution in [2.24, 2.45) is 0 Å². The number of carbonyl (C=O) groups is 3. The number of nitrogens with one attached hydrogen (secondary N) is 1. The normalized spacial score (nSPS) is 14.1. The molecule has 0 spiro atoms. The molecule has 2 N–H and O–H groups in total. The van der Waals surface area contributed by atoms with Crippen LogP contribution in [0.5, 0.6) is 0 Å². The van der Waals surface area contributed by atoms with E-state index in [9.17, 15) is 22.8 Å². The van der Waals surface area contributed by atoms with E-state index in [4.69, 9.17) is 44.7 Å². The van der Waals surface area contributed by atoms with Crippen molar-refractivity contribution in [3.05, 3.63) is 80.8 Å². The average Bonchev–Trinajstić information content (AvgIpc) is 2.95. The summed E-state index contributed by atoms with van der Waals surface area (Å²) in [4.78, 5) is 37.6. The average molecular weight is 649 g/mol. The van der Waals surface area contributed by atoms with Crippen molar-refractivity contribution in [3.63, 3.8) is 0 Å². The molecule has 7 nitrogen and oxygen atoms in total. The molecule has 228 valence electrons. The Hall–Kier alpha value is -3.05. The van der Waals surface area contributed by atoms with Gasteiger partial charge in [-0.05, 0) is 66.9 Å². The van der Waals surface area contributed by atoms with E-state index in [1.807, 2.05) is 23.1 Å². The van der Waals surface area contributed by atoms with E-state index in [2.05, 4.69) is 10.2 Å². The van der Waals surface area contributed by atoms with E-state index >= 15 is 0 Å². The quantitative estimate of drug-likeness (QED) is 0.229. The van der Waals surface area contributed by atoms with Crippen LogP contribution < -0.4 is 5.32 Å². The van der Waals surface area contributed by atoms with Crippen molar-refractivity contribution < 1.29 is 32.7 Å². The second kappa shape index (κ2) is 17.8. The number of carboxylic acids is 1. The van der Waals surface area contributed by atoms with Crippen LogP contribution in [0, 0.1) is 0 Å². The highest BCUT2D eigenvalue weighted by molar-refractivity contribution is 6.42. The molecule has 3 rings (SSSR count). The van der Waals surface area contributed by atoms with Crippen molar-refractivity contribution in [2.75, 3.05) is 39.3 Å². The summed E-state index contributed by atoms with van der Waals surface area (Å²) in [6.45, 7) is 4.86. The molecule has 0 saturated carbocycles. The molecule has 2 aromatic carbocycles. The highest BCUT2D eigenvalue weighted by Gasteiger charge is 2.38. The number of rotatable bonds is 10. The summed E-state index contributed by atoms with van der Waals surface area (Å²) in [5.41, 5.74) is 1.79. The maximum atomic E-state index is 12.5. The standard InChI is InChI=1S/C27H30Cl3N3O2.C2HF3O2/c28-23-9-4-21(5-10-23)7-12-26(34)31-14-2-1-3-15-32-16-18-33(19-17-32)27(35)13-8-22-6-11-24(29)25(30)20-22;3-2(4,5)1(6)7/h4-13,20H,1-3,14-19H2,(H,31,34);(H,6,7)/b12-7+,13-8+;. The topological polar surface area (TPSA) is 90.0 Å². The van der Waals surface area contributed by atoms with Gasteiger partial charge in [-0.3, -0.25) is 14.5 Å². The summed E-state index contributed by atoms with van der Waals surface area (Å²) >= 11 is 17.8. The third-order valence-corrected chi connectivity index (χ3v) is 7.03. The summed E-state index contributed by atoms with van der Waals surface area (Å²) in [6, 6.07) is 12.6. The van der Waals surface area contributed by atoms with Crippen molar-refractivity contribution in [2.45, 2.75) is 25.4 Å². The fourth-order valence-electron chi connectivity index (χ4n) is 3.73. The van der Waals surface area contributed by atoms with Gasteiger partial charge in [-0.25, -0.2) is 4.79 Å². The van der Waals surface area contributed by atoms with E-state index in [0.29, 0.717) is 21.6 Å². The van der Waals surface area contributed by atoms with Gasteiger partial charge in [0.15, 0.2) is 0 Å². The van der Waals surface area contributed by atoms with Gasteiger partial charge in [-0.1, -0.05) is 59.4 Å². The number of amides is 2. The molecule has 0 unspecified atom stereocenters. The Morgan fingerprint density at radius 2 is 1.43 bits per heavy atom. The molecule has 1 heterocycles. The number of hydrogen-bond acceptors (Lipinski definition) is 4. The minimum atomic E-state index is -5.08. The maximum Gasteiger partial charge on any atom is 0.490 e. The second-order valence-corrected chi connectivity index (χ2v) is 10.5. The fourth-order valence-corrected chi connectivity index (χ4v) is 4.17. The highest BCUT2D eigenvalue weighted by atomic mass is 35.5. The van der Waals surface area contributed by atoms with Crippen LogP contribution >= 0.6 is 34.8 Å². The van der Waals surface area contributed by atoms with Crippen LogP contribution in [0.25, 0.3) is 12.2 Å². The van der Waals surface area contributed by atoms with Crippen molar-refractivity contribution >= 4 is 64.7 Å². The summed E-state index contributed by atoms with van der Waals surface area (Å²) < 4.78 is 31.7. The highest BCUT2D eigenvalue weighted by Crippen LogP contribution is 2.23. The number of nitrogens with zero attached hydrogens (tertiary/aromatic N) is 2. The largest absolute Gasteiger partial charge is 0.490 e. The molecular weight excluding hydrogens is 618 g/mol. The zero-order chi connectivity index (χ0) is 31.1. The van der Waals surface area contributed by atoms with E-state index < -0.39 is 12.1 Å². The zero-order valence-corrected chi connectivity index (χ0v) is 24.8. The molecule has 13 heteroatoms. The Morgan fingerprint density at radius 1 is 0.833 bits per heavy atom. The number of halogens is 6. The summed E-state index contributed by atoms with van der Waals surface area (Å²) in [5, 5.41) is 11.7. The first-order chi connectivity index (χ1) is 19.8. The molecule has 0 aliphatic carbocycles. The number of carboxylic acid groups (broad SMARTS) is 1. The molecule has 1 saturated heterocycles. The van der Waals surface area contributed by atoms with Gasteiger partial charge in [0, 0.05) is 49.9 Å². The third kappa shape index (κ3) is 13.7. The summed E-state index contributed by atoms with van der Waals surface area (Å²) in [7, 11) is 0. The number of benzene rings is 2. The van der Waals surface area contributed by atoms with Gasteiger partial charge in [0.1, 0.15) is 0 Å². The van der Waals surface area contributed by atoms with Crippen LogP contribution in [-0.2, 0) is 14.4 Å². The van der Waals surface area contributed by atoms with Gasteiger partial charge in [0.2, 0.25) is 11.8 Å². The van der Waals surface area contributed by atoms with Crippen LogP contribution in [0.1, 0.15) is 30.4 Å². The van der Waals surface area contributed by atoms with Crippen LogP contribution in [0.4, 0.5) is 13.2 Å². The van der Waals surface area contributed by atoms with Gasteiger partial charge in [0.25, 0.3) is 0 Å². The van der Waals surface area contributed by atoms with Gasteiger partial charge < -0.3 is 15.3 Å². The Bertz CT molecular complexity index is 1250. The number of aliphatic carboxylic acids is 1. The minimum absolute atomic E-state index is 0.0107. The lowest BCUT2D eigenvalue weighted by atomic mass is 10.2. The van der Waals surface area contributed by atoms with Gasteiger partial charge in [-0.15, -0.1) is 0 Å². The first-order valence-electron chi connectivity index (χ1n) is 13.0. The molecule has 2 amide bonds. The molecule has 0 atom stereocenters. The molecule has 2 aromatic rings. The monoisotopic (exact) mass is 647 g/mol. The smallest absolute Gasteiger partial charge is 0.475 e. The van der Waals surface area contributed by atoms with E-state index in [1.54, 1.807) is 48.6 Å².